The Hall–Kier alpha value is -0.860. The molecule has 0 aromatic heterocycles. The summed E-state index contributed by atoms with van der Waals surface area (Å²) in [6.07, 6.45) is 1.88. The SMILES string of the molecule is CCC(NC(C)CCO)c1ccccc1. The number of aliphatic hydroxyl groups excluding tert-OH is 1. The number of aliphatic hydroxyl groups is 1. The van der Waals surface area contributed by atoms with Crippen LogP contribution in [0.3, 0.4) is 0 Å². The summed E-state index contributed by atoms with van der Waals surface area (Å²) in [6, 6.07) is 11.2. The number of hydrogen-bond acceptors (Lipinski definition) is 2. The maximum Gasteiger partial charge on any atom is 0.0445 e. The molecule has 2 heteroatoms. The Balaban J connectivity index is 2.56. The molecule has 1 aromatic carbocycles. The van der Waals surface area contributed by atoms with Gasteiger partial charge in [-0.2, -0.15) is 0 Å². The zero-order valence-corrected chi connectivity index (χ0v) is 9.61. The van der Waals surface area contributed by atoms with Crippen molar-refractivity contribution in [2.75, 3.05) is 6.61 Å². The van der Waals surface area contributed by atoms with Gasteiger partial charge >= 0.3 is 0 Å². The third kappa shape index (κ3) is 4.02. The maximum absolute atomic E-state index is 8.85. The second-order valence-corrected chi connectivity index (χ2v) is 3.95. The molecule has 84 valence electrons. The fraction of sp³-hybridized carbons (Fsp3) is 0.538. The lowest BCUT2D eigenvalue weighted by molar-refractivity contribution is 0.262. The molecule has 0 aliphatic rings. The van der Waals surface area contributed by atoms with Gasteiger partial charge < -0.3 is 10.4 Å². The first-order valence-electron chi connectivity index (χ1n) is 5.69. The first-order chi connectivity index (χ1) is 7.27. The first-order valence-corrected chi connectivity index (χ1v) is 5.69. The van der Waals surface area contributed by atoms with E-state index in [2.05, 4.69) is 43.4 Å². The highest BCUT2D eigenvalue weighted by Crippen LogP contribution is 2.16. The van der Waals surface area contributed by atoms with Gasteiger partial charge in [-0.3, -0.25) is 0 Å². The van der Waals surface area contributed by atoms with Crippen LogP contribution in [0.5, 0.6) is 0 Å². The van der Waals surface area contributed by atoms with Gasteiger partial charge in [0.1, 0.15) is 0 Å². The van der Waals surface area contributed by atoms with Crippen molar-refractivity contribution in [1.29, 1.82) is 0 Å². The third-order valence-electron chi connectivity index (χ3n) is 2.66. The molecule has 2 N–H and O–H groups in total. The summed E-state index contributed by atoms with van der Waals surface area (Å²) in [5.74, 6) is 0. The molecule has 0 saturated heterocycles. The average molecular weight is 207 g/mol. The topological polar surface area (TPSA) is 32.3 Å². The maximum atomic E-state index is 8.85. The summed E-state index contributed by atoms with van der Waals surface area (Å²) < 4.78 is 0. The Morgan fingerprint density at radius 3 is 2.47 bits per heavy atom. The van der Waals surface area contributed by atoms with Crippen LogP contribution in [0, 0.1) is 0 Å². The number of rotatable bonds is 6. The Kier molecular flexibility index (Phi) is 5.37. The molecule has 0 bridgehead atoms. The molecule has 0 aliphatic heterocycles. The molecule has 0 aliphatic carbocycles. The highest BCUT2D eigenvalue weighted by molar-refractivity contribution is 5.18. The zero-order chi connectivity index (χ0) is 11.1. The molecule has 0 spiro atoms. The Morgan fingerprint density at radius 2 is 1.93 bits per heavy atom. The van der Waals surface area contributed by atoms with E-state index in [1.165, 1.54) is 5.56 Å². The fourth-order valence-corrected chi connectivity index (χ4v) is 1.76. The van der Waals surface area contributed by atoms with Crippen LogP contribution >= 0.6 is 0 Å². The van der Waals surface area contributed by atoms with Gasteiger partial charge in [0.2, 0.25) is 0 Å². The van der Waals surface area contributed by atoms with Crippen LogP contribution in [0.2, 0.25) is 0 Å². The normalized spacial score (nSPS) is 14.9. The van der Waals surface area contributed by atoms with E-state index in [4.69, 9.17) is 5.11 Å². The van der Waals surface area contributed by atoms with Crippen LogP contribution in [-0.4, -0.2) is 17.8 Å². The van der Waals surface area contributed by atoms with Gasteiger partial charge in [0.05, 0.1) is 0 Å². The van der Waals surface area contributed by atoms with Gasteiger partial charge in [0, 0.05) is 18.7 Å². The van der Waals surface area contributed by atoms with Crippen LogP contribution in [0.15, 0.2) is 30.3 Å². The van der Waals surface area contributed by atoms with Gasteiger partial charge in [-0.15, -0.1) is 0 Å². The smallest absolute Gasteiger partial charge is 0.0445 e. The van der Waals surface area contributed by atoms with Crippen molar-refractivity contribution in [2.45, 2.75) is 38.8 Å². The van der Waals surface area contributed by atoms with E-state index in [0.29, 0.717) is 12.1 Å². The van der Waals surface area contributed by atoms with E-state index in [9.17, 15) is 0 Å². The van der Waals surface area contributed by atoms with Crippen molar-refractivity contribution in [3.8, 4) is 0 Å². The van der Waals surface area contributed by atoms with Crippen molar-refractivity contribution in [1.82, 2.24) is 5.32 Å². The number of hydrogen-bond donors (Lipinski definition) is 2. The monoisotopic (exact) mass is 207 g/mol. The van der Waals surface area contributed by atoms with E-state index in [1.807, 2.05) is 6.07 Å². The predicted molar refractivity (Wildman–Crippen MR) is 63.8 cm³/mol. The minimum Gasteiger partial charge on any atom is -0.396 e. The second-order valence-electron chi connectivity index (χ2n) is 3.95. The molecule has 15 heavy (non-hydrogen) atoms. The second kappa shape index (κ2) is 6.59. The van der Waals surface area contributed by atoms with Crippen LogP contribution < -0.4 is 5.32 Å². The lowest BCUT2D eigenvalue weighted by atomic mass is 10.0. The standard InChI is InChI=1S/C13H21NO/c1-3-13(14-11(2)9-10-15)12-7-5-4-6-8-12/h4-8,11,13-15H,3,9-10H2,1-2H3. The molecule has 0 heterocycles. The highest BCUT2D eigenvalue weighted by Gasteiger charge is 2.11. The van der Waals surface area contributed by atoms with E-state index in [0.717, 1.165) is 12.8 Å². The van der Waals surface area contributed by atoms with Gasteiger partial charge in [-0.1, -0.05) is 37.3 Å². The summed E-state index contributed by atoms with van der Waals surface area (Å²) in [7, 11) is 0. The molecule has 2 unspecified atom stereocenters. The molecular weight excluding hydrogens is 186 g/mol. The summed E-state index contributed by atoms with van der Waals surface area (Å²) in [5.41, 5.74) is 1.32. The third-order valence-corrected chi connectivity index (χ3v) is 2.66. The molecule has 0 radical (unpaired) electrons. The Morgan fingerprint density at radius 1 is 1.27 bits per heavy atom. The molecule has 1 aromatic rings. The summed E-state index contributed by atoms with van der Waals surface area (Å²) in [4.78, 5) is 0. The summed E-state index contributed by atoms with van der Waals surface area (Å²) in [5, 5.41) is 12.4. The average Bonchev–Trinajstić information content (AvgIpc) is 2.27. The van der Waals surface area contributed by atoms with Crippen LogP contribution in [0.4, 0.5) is 0 Å². The molecule has 1 rings (SSSR count). The minimum absolute atomic E-state index is 0.249. The largest absolute Gasteiger partial charge is 0.396 e. The molecular formula is C13H21NO. The Labute approximate surface area is 92.3 Å². The van der Waals surface area contributed by atoms with Crippen LogP contribution in [-0.2, 0) is 0 Å². The minimum atomic E-state index is 0.249. The van der Waals surface area contributed by atoms with Crippen molar-refractivity contribution >= 4 is 0 Å². The number of nitrogens with one attached hydrogen (secondary N) is 1. The van der Waals surface area contributed by atoms with Gasteiger partial charge in [0.15, 0.2) is 0 Å². The van der Waals surface area contributed by atoms with Crippen molar-refractivity contribution < 1.29 is 5.11 Å². The number of benzene rings is 1. The van der Waals surface area contributed by atoms with Gasteiger partial charge in [-0.25, -0.2) is 0 Å². The van der Waals surface area contributed by atoms with E-state index >= 15 is 0 Å². The fourth-order valence-electron chi connectivity index (χ4n) is 1.76. The van der Waals surface area contributed by atoms with Crippen LogP contribution in [0.25, 0.3) is 0 Å². The predicted octanol–water partition coefficient (Wildman–Crippen LogP) is 2.50. The molecule has 0 amide bonds. The lowest BCUT2D eigenvalue weighted by Crippen LogP contribution is -2.30. The molecule has 0 fully saturated rings. The Bertz CT molecular complexity index is 260. The highest BCUT2D eigenvalue weighted by atomic mass is 16.3. The zero-order valence-electron chi connectivity index (χ0n) is 9.61. The van der Waals surface area contributed by atoms with Crippen molar-refractivity contribution in [3.63, 3.8) is 0 Å². The first kappa shape index (κ1) is 12.2. The van der Waals surface area contributed by atoms with Gasteiger partial charge in [0.25, 0.3) is 0 Å². The van der Waals surface area contributed by atoms with E-state index < -0.39 is 0 Å². The van der Waals surface area contributed by atoms with Crippen LogP contribution in [0.1, 0.15) is 38.3 Å². The quantitative estimate of drug-likeness (QED) is 0.751. The molecule has 0 saturated carbocycles. The summed E-state index contributed by atoms with van der Waals surface area (Å²) in [6.45, 7) is 4.54. The van der Waals surface area contributed by atoms with E-state index in [1.54, 1.807) is 0 Å². The van der Waals surface area contributed by atoms with E-state index in [-0.39, 0.29) is 6.61 Å². The molecule has 2 nitrogen and oxygen atoms in total. The van der Waals surface area contributed by atoms with Crippen molar-refractivity contribution in [2.24, 2.45) is 0 Å². The summed E-state index contributed by atoms with van der Waals surface area (Å²) >= 11 is 0. The molecule has 2 atom stereocenters. The lowest BCUT2D eigenvalue weighted by Gasteiger charge is -2.22. The van der Waals surface area contributed by atoms with Crippen molar-refractivity contribution in [3.05, 3.63) is 35.9 Å². The van der Waals surface area contributed by atoms with Gasteiger partial charge in [-0.05, 0) is 25.3 Å².